The molecule has 13 heteroatoms. The molecule has 1 fully saturated rings. The number of amides is 2. The number of carboxylic acids is 1. The van der Waals surface area contributed by atoms with Crippen LogP contribution >= 0.6 is 11.8 Å². The van der Waals surface area contributed by atoms with Crippen molar-refractivity contribution in [3.05, 3.63) is 11.3 Å². The number of sulfone groups is 1. The molecule has 0 saturated carbocycles. The van der Waals surface area contributed by atoms with Crippen LogP contribution in [0.25, 0.3) is 0 Å². The first kappa shape index (κ1) is 21.2. The molecule has 2 aliphatic rings. The van der Waals surface area contributed by atoms with Crippen LogP contribution in [0.5, 0.6) is 0 Å². The highest BCUT2D eigenvalue weighted by Crippen LogP contribution is 2.46. The summed E-state index contributed by atoms with van der Waals surface area (Å²) in [4.78, 5) is 48.2. The number of hydrogen-bond donors (Lipinski definition) is 2. The van der Waals surface area contributed by atoms with Crippen molar-refractivity contribution >= 4 is 45.4 Å². The van der Waals surface area contributed by atoms with E-state index < -0.39 is 50.4 Å². The summed E-state index contributed by atoms with van der Waals surface area (Å²) < 4.78 is 32.5. The Balaban J connectivity index is 2.30. The number of methoxy groups -OCH3 is 1. The minimum atomic E-state index is -3.63. The van der Waals surface area contributed by atoms with Gasteiger partial charge in [-0.15, -0.1) is 11.8 Å². The molecule has 0 spiro atoms. The average Bonchev–Trinajstić information content (AvgIpc) is 2.54. The normalized spacial score (nSPS) is 24.8. The van der Waals surface area contributed by atoms with Gasteiger partial charge in [0, 0.05) is 31.6 Å². The van der Waals surface area contributed by atoms with Crippen LogP contribution in [0.3, 0.4) is 0 Å². The van der Waals surface area contributed by atoms with Crippen LogP contribution in [0.1, 0.15) is 6.92 Å². The molecule has 0 unspecified atom stereocenters. The van der Waals surface area contributed by atoms with E-state index in [2.05, 4.69) is 5.32 Å². The third kappa shape index (κ3) is 4.09. The van der Waals surface area contributed by atoms with Gasteiger partial charge in [0.15, 0.2) is 9.84 Å². The highest BCUT2D eigenvalue weighted by atomic mass is 32.2. The van der Waals surface area contributed by atoms with E-state index in [0.717, 1.165) is 30.0 Å². The highest BCUT2D eigenvalue weighted by Gasteiger charge is 2.66. The second-order valence-electron chi connectivity index (χ2n) is 5.93. The van der Waals surface area contributed by atoms with Gasteiger partial charge >= 0.3 is 11.9 Å². The predicted octanol–water partition coefficient (Wildman–Crippen LogP) is -1.69. The summed E-state index contributed by atoms with van der Waals surface area (Å²) in [5.41, 5.74) is -2.00. The van der Waals surface area contributed by atoms with Gasteiger partial charge in [0.1, 0.15) is 23.4 Å². The number of carboxylic acid groups (broad SMARTS) is 1. The van der Waals surface area contributed by atoms with E-state index in [1.54, 1.807) is 0 Å². The number of fused-ring (bicyclic) bond motifs is 1. The SMILES string of the molecule is CO[C@@]1(NC(=O)CS(C)(=O)=O)C(=O)N2C(C(=O)O)=C(COC(C)=O)CS[C@H]21. The van der Waals surface area contributed by atoms with Crippen LogP contribution < -0.4 is 5.32 Å². The van der Waals surface area contributed by atoms with Gasteiger partial charge in [-0.25, -0.2) is 13.2 Å². The molecule has 2 amide bonds. The number of carbonyl (C=O) groups is 4. The summed E-state index contributed by atoms with van der Waals surface area (Å²) in [6.07, 6.45) is 0.864. The lowest BCUT2D eigenvalue weighted by molar-refractivity contribution is -0.192. The van der Waals surface area contributed by atoms with E-state index in [4.69, 9.17) is 9.47 Å². The lowest BCUT2D eigenvalue weighted by atomic mass is 9.98. The molecule has 2 rings (SSSR count). The summed E-state index contributed by atoms with van der Waals surface area (Å²) in [6.45, 7) is 0.878. The fourth-order valence-corrected chi connectivity index (χ4v) is 4.69. The summed E-state index contributed by atoms with van der Waals surface area (Å²) >= 11 is 1.09. The summed E-state index contributed by atoms with van der Waals surface area (Å²) in [5.74, 6) is -4.55. The minimum absolute atomic E-state index is 0.108. The van der Waals surface area contributed by atoms with Crippen molar-refractivity contribution < 1.29 is 42.2 Å². The fraction of sp³-hybridized carbons (Fsp3) is 0.571. The predicted molar refractivity (Wildman–Crippen MR) is 92.0 cm³/mol. The largest absolute Gasteiger partial charge is 0.477 e. The maximum atomic E-state index is 12.7. The van der Waals surface area contributed by atoms with Crippen molar-refractivity contribution in [3.8, 4) is 0 Å². The Kier molecular flexibility index (Phi) is 5.87. The molecule has 2 N–H and O–H groups in total. The molecular weight excluding hydrogens is 404 g/mol. The van der Waals surface area contributed by atoms with Crippen molar-refractivity contribution in [2.75, 3.05) is 31.5 Å². The highest BCUT2D eigenvalue weighted by molar-refractivity contribution is 8.00. The molecular formula is C14H18N2O9S2. The topological polar surface area (TPSA) is 156 Å². The Morgan fingerprint density at radius 1 is 1.41 bits per heavy atom. The number of nitrogens with zero attached hydrogens (tertiary/aromatic N) is 1. The average molecular weight is 422 g/mol. The first-order valence-corrected chi connectivity index (χ1v) is 10.6. The standard InChI is InChI=1S/C14H18N2O9S2/c1-7(17)25-4-8-5-26-13-14(24-2,15-9(18)6-27(3,22)23)12(21)16(13)10(8)11(19)20/h13H,4-6H2,1-3H3,(H,15,18)(H,19,20)/t13-,14-/m0/s1. The van der Waals surface area contributed by atoms with Gasteiger partial charge in [0.05, 0.1) is 0 Å². The first-order valence-electron chi connectivity index (χ1n) is 7.50. The Morgan fingerprint density at radius 2 is 2.04 bits per heavy atom. The number of rotatable bonds is 7. The third-order valence-electron chi connectivity index (χ3n) is 3.80. The van der Waals surface area contributed by atoms with Gasteiger partial charge in [-0.2, -0.15) is 0 Å². The van der Waals surface area contributed by atoms with E-state index in [-0.39, 0.29) is 23.6 Å². The maximum Gasteiger partial charge on any atom is 0.352 e. The maximum absolute atomic E-state index is 12.7. The van der Waals surface area contributed by atoms with Crippen LogP contribution in [-0.4, -0.2) is 84.8 Å². The molecule has 2 heterocycles. The fourth-order valence-electron chi connectivity index (χ4n) is 2.72. The Bertz CT molecular complexity index is 836. The summed E-state index contributed by atoms with van der Waals surface area (Å²) in [5, 5.41) is 10.8. The molecule has 0 radical (unpaired) electrons. The Labute approximate surface area is 159 Å². The van der Waals surface area contributed by atoms with Gasteiger partial charge in [-0.3, -0.25) is 19.3 Å². The zero-order valence-electron chi connectivity index (χ0n) is 14.7. The molecule has 0 aromatic rings. The molecule has 150 valence electrons. The van der Waals surface area contributed by atoms with Crippen LogP contribution in [-0.2, 0) is 38.5 Å². The monoisotopic (exact) mass is 422 g/mol. The molecule has 0 aliphatic carbocycles. The number of esters is 1. The smallest absolute Gasteiger partial charge is 0.352 e. The van der Waals surface area contributed by atoms with Gasteiger partial charge in [-0.1, -0.05) is 0 Å². The molecule has 2 atom stereocenters. The molecule has 0 bridgehead atoms. The summed E-state index contributed by atoms with van der Waals surface area (Å²) in [6, 6.07) is 0. The lowest BCUT2D eigenvalue weighted by Crippen LogP contribution is -2.81. The zero-order chi connectivity index (χ0) is 20.6. The number of β-lactam (4-membered cyclic amide) rings is 1. The van der Waals surface area contributed by atoms with E-state index >= 15 is 0 Å². The molecule has 1 saturated heterocycles. The van der Waals surface area contributed by atoms with Crippen molar-refractivity contribution in [1.82, 2.24) is 10.2 Å². The van der Waals surface area contributed by atoms with Crippen molar-refractivity contribution in [3.63, 3.8) is 0 Å². The van der Waals surface area contributed by atoms with Crippen molar-refractivity contribution in [2.24, 2.45) is 0 Å². The Morgan fingerprint density at radius 3 is 2.52 bits per heavy atom. The van der Waals surface area contributed by atoms with E-state index in [9.17, 15) is 32.7 Å². The molecule has 27 heavy (non-hydrogen) atoms. The van der Waals surface area contributed by atoms with E-state index in [1.807, 2.05) is 0 Å². The molecule has 0 aromatic carbocycles. The minimum Gasteiger partial charge on any atom is -0.477 e. The van der Waals surface area contributed by atoms with E-state index in [0.29, 0.717) is 0 Å². The van der Waals surface area contributed by atoms with Gasteiger partial charge in [-0.05, 0) is 0 Å². The molecule has 11 nitrogen and oxygen atoms in total. The second-order valence-corrected chi connectivity index (χ2v) is 9.14. The number of thioether (sulfide) groups is 1. The number of aliphatic carboxylic acids is 1. The zero-order valence-corrected chi connectivity index (χ0v) is 16.3. The lowest BCUT2D eigenvalue weighted by Gasteiger charge is -2.55. The van der Waals surface area contributed by atoms with Crippen LogP contribution in [0, 0.1) is 0 Å². The number of hydrogen-bond acceptors (Lipinski definition) is 9. The van der Waals surface area contributed by atoms with Gasteiger partial charge < -0.3 is 19.9 Å². The van der Waals surface area contributed by atoms with Crippen LogP contribution in [0.2, 0.25) is 0 Å². The molecule has 0 aromatic heterocycles. The van der Waals surface area contributed by atoms with E-state index in [1.165, 1.54) is 6.92 Å². The molecule has 2 aliphatic heterocycles. The first-order chi connectivity index (χ1) is 12.4. The number of ether oxygens (including phenoxy) is 2. The van der Waals surface area contributed by atoms with Crippen LogP contribution in [0.15, 0.2) is 11.3 Å². The van der Waals surface area contributed by atoms with Crippen molar-refractivity contribution in [1.29, 1.82) is 0 Å². The second kappa shape index (κ2) is 7.48. The Hall–Kier alpha value is -2.12. The third-order valence-corrected chi connectivity index (χ3v) is 5.96. The quantitative estimate of drug-likeness (QED) is 0.275. The van der Waals surface area contributed by atoms with Gasteiger partial charge in [0.2, 0.25) is 5.91 Å². The van der Waals surface area contributed by atoms with Crippen molar-refractivity contribution in [2.45, 2.75) is 18.0 Å². The van der Waals surface area contributed by atoms with Gasteiger partial charge in [0.25, 0.3) is 11.6 Å². The number of carbonyl (C=O) groups excluding carboxylic acids is 3. The summed E-state index contributed by atoms with van der Waals surface area (Å²) in [7, 11) is -2.49. The number of nitrogens with one attached hydrogen (secondary N) is 1. The van der Waals surface area contributed by atoms with Crippen LogP contribution in [0.4, 0.5) is 0 Å².